The molecule has 1 aromatic carbocycles. The second-order valence-corrected chi connectivity index (χ2v) is 8.00. The zero-order valence-electron chi connectivity index (χ0n) is 12.6. The summed E-state index contributed by atoms with van der Waals surface area (Å²) in [5.74, 6) is 3.30. The van der Waals surface area contributed by atoms with Gasteiger partial charge in [-0.1, -0.05) is 24.3 Å². The van der Waals surface area contributed by atoms with Crippen molar-refractivity contribution in [2.45, 2.75) is 43.7 Å². The molecule has 0 amide bonds. The lowest BCUT2D eigenvalue weighted by Crippen LogP contribution is -2.46. The van der Waals surface area contributed by atoms with E-state index < -0.39 is 0 Å². The summed E-state index contributed by atoms with van der Waals surface area (Å²) in [4.78, 5) is 0. The lowest BCUT2D eigenvalue weighted by Gasteiger charge is -2.46. The minimum absolute atomic E-state index is 0.197. The Morgan fingerprint density at radius 2 is 2.05 bits per heavy atom. The molecule has 114 valence electrons. The first kappa shape index (κ1) is 14.1. The minimum atomic E-state index is 0.197. The van der Waals surface area contributed by atoms with E-state index in [2.05, 4.69) is 41.3 Å². The molecule has 2 atom stereocenters. The fourth-order valence-electron chi connectivity index (χ4n) is 4.40. The summed E-state index contributed by atoms with van der Waals surface area (Å²) >= 11 is 2.09. The van der Waals surface area contributed by atoms with Gasteiger partial charge in [0.2, 0.25) is 0 Å². The molecule has 2 unspecified atom stereocenters. The highest BCUT2D eigenvalue weighted by Gasteiger charge is 2.41. The molecule has 2 fully saturated rings. The highest BCUT2D eigenvalue weighted by molar-refractivity contribution is 7.99. The predicted octanol–water partition coefficient (Wildman–Crippen LogP) is 3.57. The molecule has 0 bridgehead atoms. The van der Waals surface area contributed by atoms with E-state index in [0.29, 0.717) is 6.04 Å². The van der Waals surface area contributed by atoms with Crippen LogP contribution in [0.3, 0.4) is 0 Å². The largest absolute Gasteiger partial charge is 0.375 e. The molecule has 1 aromatic rings. The van der Waals surface area contributed by atoms with Gasteiger partial charge in [0.1, 0.15) is 0 Å². The second kappa shape index (κ2) is 5.94. The highest BCUT2D eigenvalue weighted by Crippen LogP contribution is 2.44. The SMILES string of the molecule is c1ccc2c(c1)CCNC2C1CCOC2(CCSCC2)C1. The molecule has 0 aliphatic carbocycles. The van der Waals surface area contributed by atoms with Crippen LogP contribution in [0.5, 0.6) is 0 Å². The van der Waals surface area contributed by atoms with Gasteiger partial charge in [0.25, 0.3) is 0 Å². The Kier molecular flexibility index (Phi) is 3.99. The first-order valence-electron chi connectivity index (χ1n) is 8.39. The molecule has 0 saturated carbocycles. The maximum absolute atomic E-state index is 6.27. The monoisotopic (exact) mass is 303 g/mol. The lowest BCUT2D eigenvalue weighted by atomic mass is 9.75. The number of hydrogen-bond donors (Lipinski definition) is 1. The quantitative estimate of drug-likeness (QED) is 0.857. The maximum Gasteiger partial charge on any atom is 0.0701 e. The van der Waals surface area contributed by atoms with Gasteiger partial charge < -0.3 is 10.1 Å². The van der Waals surface area contributed by atoms with Crippen molar-refractivity contribution in [1.82, 2.24) is 5.32 Å². The van der Waals surface area contributed by atoms with Crippen LogP contribution in [0.4, 0.5) is 0 Å². The van der Waals surface area contributed by atoms with E-state index in [9.17, 15) is 0 Å². The summed E-state index contributed by atoms with van der Waals surface area (Å²) in [5, 5.41) is 3.81. The van der Waals surface area contributed by atoms with Crippen LogP contribution in [-0.2, 0) is 11.2 Å². The third-order valence-corrected chi connectivity index (χ3v) is 6.54. The van der Waals surface area contributed by atoms with Crippen molar-refractivity contribution >= 4 is 11.8 Å². The molecule has 1 N–H and O–H groups in total. The van der Waals surface area contributed by atoms with Gasteiger partial charge in [-0.3, -0.25) is 0 Å². The van der Waals surface area contributed by atoms with Crippen molar-refractivity contribution in [2.75, 3.05) is 24.7 Å². The fraction of sp³-hybridized carbons (Fsp3) is 0.667. The Balaban J connectivity index is 1.56. The van der Waals surface area contributed by atoms with E-state index in [1.807, 2.05) is 0 Å². The molecule has 0 radical (unpaired) electrons. The van der Waals surface area contributed by atoms with Crippen LogP contribution >= 0.6 is 11.8 Å². The van der Waals surface area contributed by atoms with Crippen molar-refractivity contribution in [2.24, 2.45) is 5.92 Å². The first-order valence-corrected chi connectivity index (χ1v) is 9.55. The van der Waals surface area contributed by atoms with Gasteiger partial charge in [-0.15, -0.1) is 0 Å². The molecule has 0 aromatic heterocycles. The van der Waals surface area contributed by atoms with Gasteiger partial charge >= 0.3 is 0 Å². The minimum Gasteiger partial charge on any atom is -0.375 e. The zero-order chi connectivity index (χ0) is 14.1. The van der Waals surface area contributed by atoms with Gasteiger partial charge in [0.05, 0.1) is 5.60 Å². The number of hydrogen-bond acceptors (Lipinski definition) is 3. The molecule has 3 heterocycles. The molecule has 3 heteroatoms. The fourth-order valence-corrected chi connectivity index (χ4v) is 5.64. The molecular weight excluding hydrogens is 278 g/mol. The molecule has 2 saturated heterocycles. The van der Waals surface area contributed by atoms with Gasteiger partial charge in [-0.2, -0.15) is 11.8 Å². The molecular formula is C18H25NOS. The van der Waals surface area contributed by atoms with E-state index in [0.717, 1.165) is 19.1 Å². The Morgan fingerprint density at radius 1 is 1.19 bits per heavy atom. The van der Waals surface area contributed by atoms with Crippen molar-refractivity contribution < 1.29 is 4.74 Å². The number of benzene rings is 1. The van der Waals surface area contributed by atoms with E-state index in [-0.39, 0.29) is 5.60 Å². The third kappa shape index (κ3) is 2.76. The summed E-state index contributed by atoms with van der Waals surface area (Å²) in [6, 6.07) is 9.59. The van der Waals surface area contributed by atoms with E-state index in [1.165, 1.54) is 43.6 Å². The van der Waals surface area contributed by atoms with Crippen molar-refractivity contribution in [3.63, 3.8) is 0 Å². The molecule has 21 heavy (non-hydrogen) atoms. The van der Waals surface area contributed by atoms with Gasteiger partial charge in [0, 0.05) is 12.6 Å². The predicted molar refractivity (Wildman–Crippen MR) is 88.9 cm³/mol. The average molecular weight is 303 g/mol. The van der Waals surface area contributed by atoms with E-state index in [1.54, 1.807) is 11.1 Å². The van der Waals surface area contributed by atoms with Crippen LogP contribution in [0, 0.1) is 5.92 Å². The normalized spacial score (nSPS) is 31.8. The number of thioether (sulfide) groups is 1. The van der Waals surface area contributed by atoms with E-state index >= 15 is 0 Å². The zero-order valence-corrected chi connectivity index (χ0v) is 13.5. The topological polar surface area (TPSA) is 21.3 Å². The average Bonchev–Trinajstić information content (AvgIpc) is 2.55. The number of ether oxygens (including phenoxy) is 1. The molecule has 2 nitrogen and oxygen atoms in total. The summed E-state index contributed by atoms with van der Waals surface area (Å²) in [6.45, 7) is 2.08. The Hall–Kier alpha value is -0.510. The summed E-state index contributed by atoms with van der Waals surface area (Å²) in [5.41, 5.74) is 3.30. The number of rotatable bonds is 1. The Labute approximate surface area is 132 Å². The van der Waals surface area contributed by atoms with Gasteiger partial charge in [0.15, 0.2) is 0 Å². The smallest absolute Gasteiger partial charge is 0.0701 e. The van der Waals surface area contributed by atoms with Crippen LogP contribution in [0.2, 0.25) is 0 Å². The summed E-state index contributed by atoms with van der Waals surface area (Å²) < 4.78 is 6.27. The van der Waals surface area contributed by atoms with Crippen molar-refractivity contribution in [1.29, 1.82) is 0 Å². The van der Waals surface area contributed by atoms with Crippen LogP contribution in [0.25, 0.3) is 0 Å². The second-order valence-electron chi connectivity index (χ2n) is 6.78. The molecule has 1 spiro atoms. The third-order valence-electron chi connectivity index (χ3n) is 5.56. The summed E-state index contributed by atoms with van der Waals surface area (Å²) in [6.07, 6.45) is 6.14. The van der Waals surface area contributed by atoms with Crippen molar-refractivity contribution in [3.8, 4) is 0 Å². The first-order chi connectivity index (χ1) is 10.4. The Bertz CT molecular complexity index is 492. The van der Waals surface area contributed by atoms with E-state index in [4.69, 9.17) is 4.74 Å². The Morgan fingerprint density at radius 3 is 2.95 bits per heavy atom. The standard InChI is InChI=1S/C18H25NOS/c1-2-4-16-14(3-1)5-9-19-17(16)15-6-10-20-18(13-15)7-11-21-12-8-18/h1-4,15,17,19H,5-13H2. The summed E-state index contributed by atoms with van der Waals surface area (Å²) in [7, 11) is 0. The van der Waals surface area contributed by atoms with Crippen LogP contribution < -0.4 is 5.32 Å². The van der Waals surface area contributed by atoms with Crippen LogP contribution in [0.1, 0.15) is 42.9 Å². The van der Waals surface area contributed by atoms with Gasteiger partial charge in [-0.25, -0.2) is 0 Å². The number of nitrogens with one attached hydrogen (secondary N) is 1. The lowest BCUT2D eigenvalue weighted by molar-refractivity contribution is -0.107. The molecule has 3 aliphatic rings. The number of fused-ring (bicyclic) bond motifs is 1. The van der Waals surface area contributed by atoms with Crippen LogP contribution in [0.15, 0.2) is 24.3 Å². The van der Waals surface area contributed by atoms with Gasteiger partial charge in [-0.05, 0) is 67.2 Å². The molecule has 4 rings (SSSR count). The maximum atomic E-state index is 6.27. The molecule has 3 aliphatic heterocycles. The van der Waals surface area contributed by atoms with Crippen molar-refractivity contribution in [3.05, 3.63) is 35.4 Å². The highest BCUT2D eigenvalue weighted by atomic mass is 32.2. The van der Waals surface area contributed by atoms with Crippen LogP contribution in [-0.4, -0.2) is 30.3 Å².